The molecule has 0 aliphatic carbocycles. The van der Waals surface area contributed by atoms with Gasteiger partial charge in [-0.25, -0.2) is 4.39 Å². The summed E-state index contributed by atoms with van der Waals surface area (Å²) in [4.78, 5) is 14.3. The van der Waals surface area contributed by atoms with E-state index in [0.29, 0.717) is 31.7 Å². The molecule has 1 heterocycles. The molecule has 1 aliphatic rings. The monoisotopic (exact) mass is 328 g/mol. The van der Waals surface area contributed by atoms with Gasteiger partial charge in [0.25, 0.3) is 0 Å². The Balaban J connectivity index is 1.66. The van der Waals surface area contributed by atoms with E-state index in [4.69, 9.17) is 10.5 Å². The van der Waals surface area contributed by atoms with Crippen molar-refractivity contribution in [3.8, 4) is 0 Å². The molecule has 5 heteroatoms. The largest absolute Gasteiger partial charge is 0.370 e. The van der Waals surface area contributed by atoms with Crippen molar-refractivity contribution in [3.63, 3.8) is 0 Å². The van der Waals surface area contributed by atoms with Crippen molar-refractivity contribution in [2.45, 2.75) is 18.6 Å². The lowest BCUT2D eigenvalue weighted by molar-refractivity contribution is -0.140. The van der Waals surface area contributed by atoms with Crippen LogP contribution in [0.2, 0.25) is 0 Å². The zero-order valence-corrected chi connectivity index (χ0v) is 13.4. The molecule has 0 saturated carbocycles. The minimum absolute atomic E-state index is 0.122. The smallest absolute Gasteiger partial charge is 0.240 e. The normalized spacial score (nSPS) is 19.1. The van der Waals surface area contributed by atoms with E-state index in [-0.39, 0.29) is 11.7 Å². The Kier molecular flexibility index (Phi) is 5.23. The van der Waals surface area contributed by atoms with Gasteiger partial charge in [-0.3, -0.25) is 4.79 Å². The summed E-state index contributed by atoms with van der Waals surface area (Å²) >= 11 is 0. The number of morpholine rings is 1. The first-order valence-corrected chi connectivity index (χ1v) is 8.09. The van der Waals surface area contributed by atoms with Crippen molar-refractivity contribution in [3.05, 3.63) is 71.5 Å². The quantitative estimate of drug-likeness (QED) is 0.937. The number of nitrogens with zero attached hydrogens (tertiary/aromatic N) is 1. The number of carbonyl (C=O) groups excluding carboxylic acids is 1. The van der Waals surface area contributed by atoms with Crippen LogP contribution in [-0.2, 0) is 16.0 Å². The molecule has 2 aromatic rings. The van der Waals surface area contributed by atoms with E-state index < -0.39 is 12.1 Å². The summed E-state index contributed by atoms with van der Waals surface area (Å²) in [6.07, 6.45) is 0.0364. The Morgan fingerprint density at radius 1 is 1.21 bits per heavy atom. The van der Waals surface area contributed by atoms with E-state index in [2.05, 4.69) is 0 Å². The van der Waals surface area contributed by atoms with Crippen molar-refractivity contribution in [2.75, 3.05) is 19.7 Å². The summed E-state index contributed by atoms with van der Waals surface area (Å²) in [7, 11) is 0. The highest BCUT2D eigenvalue weighted by molar-refractivity contribution is 5.82. The van der Waals surface area contributed by atoms with Crippen LogP contribution in [0.4, 0.5) is 4.39 Å². The highest BCUT2D eigenvalue weighted by Crippen LogP contribution is 2.24. The number of amides is 1. The molecule has 1 aliphatic heterocycles. The van der Waals surface area contributed by atoms with E-state index in [0.717, 1.165) is 5.56 Å². The van der Waals surface area contributed by atoms with Gasteiger partial charge in [0.15, 0.2) is 0 Å². The third-order valence-corrected chi connectivity index (χ3v) is 4.25. The second-order valence-corrected chi connectivity index (χ2v) is 5.96. The third kappa shape index (κ3) is 3.80. The summed E-state index contributed by atoms with van der Waals surface area (Å²) in [5.41, 5.74) is 7.59. The fraction of sp³-hybridized carbons (Fsp3) is 0.316. The fourth-order valence-corrected chi connectivity index (χ4v) is 2.96. The zero-order valence-electron chi connectivity index (χ0n) is 13.4. The minimum atomic E-state index is -0.605. The molecule has 2 unspecified atom stereocenters. The number of ether oxygens (including phenoxy) is 1. The molecule has 2 N–H and O–H groups in total. The number of rotatable bonds is 4. The Labute approximate surface area is 141 Å². The molecule has 2 aromatic carbocycles. The number of nitrogens with two attached hydrogens (primary N) is 1. The van der Waals surface area contributed by atoms with Crippen LogP contribution in [0.15, 0.2) is 54.6 Å². The Bertz CT molecular complexity index is 693. The molecule has 24 heavy (non-hydrogen) atoms. The van der Waals surface area contributed by atoms with Gasteiger partial charge < -0.3 is 15.4 Å². The van der Waals surface area contributed by atoms with Crippen molar-refractivity contribution < 1.29 is 13.9 Å². The van der Waals surface area contributed by atoms with Crippen molar-refractivity contribution in [1.82, 2.24) is 4.90 Å². The number of carbonyl (C=O) groups is 1. The average molecular weight is 328 g/mol. The lowest BCUT2D eigenvalue weighted by Gasteiger charge is -2.34. The maximum atomic E-state index is 13.9. The van der Waals surface area contributed by atoms with E-state index in [1.165, 1.54) is 6.07 Å². The van der Waals surface area contributed by atoms with E-state index in [1.54, 1.807) is 23.1 Å². The molecule has 0 radical (unpaired) electrons. The SMILES string of the molecule is NC(Cc1ccccc1)C(=O)N1CCOC(c2ccccc2F)C1. The van der Waals surface area contributed by atoms with Crippen LogP contribution >= 0.6 is 0 Å². The molecule has 0 spiro atoms. The lowest BCUT2D eigenvalue weighted by atomic mass is 10.0. The Morgan fingerprint density at radius 3 is 2.67 bits per heavy atom. The van der Waals surface area contributed by atoms with E-state index in [1.807, 2.05) is 30.3 Å². The van der Waals surface area contributed by atoms with Crippen molar-refractivity contribution >= 4 is 5.91 Å². The maximum absolute atomic E-state index is 13.9. The average Bonchev–Trinajstić information content (AvgIpc) is 2.62. The van der Waals surface area contributed by atoms with Gasteiger partial charge in [0.05, 0.1) is 19.2 Å². The first-order valence-electron chi connectivity index (χ1n) is 8.09. The topological polar surface area (TPSA) is 55.6 Å². The summed E-state index contributed by atoms with van der Waals surface area (Å²) in [6.45, 7) is 1.18. The van der Waals surface area contributed by atoms with Crippen molar-refractivity contribution in [1.29, 1.82) is 0 Å². The van der Waals surface area contributed by atoms with Gasteiger partial charge in [0.2, 0.25) is 5.91 Å². The zero-order chi connectivity index (χ0) is 16.9. The predicted octanol–water partition coefficient (Wildman–Crippen LogP) is 2.30. The molecule has 1 fully saturated rings. The number of halogens is 1. The van der Waals surface area contributed by atoms with Crippen LogP contribution in [0.5, 0.6) is 0 Å². The van der Waals surface area contributed by atoms with Crippen LogP contribution in [0.1, 0.15) is 17.2 Å². The lowest BCUT2D eigenvalue weighted by Crippen LogP contribution is -2.50. The number of benzene rings is 2. The summed E-state index contributed by atoms with van der Waals surface area (Å²) < 4.78 is 19.6. The van der Waals surface area contributed by atoms with E-state index in [9.17, 15) is 9.18 Å². The van der Waals surface area contributed by atoms with Crippen molar-refractivity contribution in [2.24, 2.45) is 5.73 Å². The molecule has 0 bridgehead atoms. The molecule has 2 atom stereocenters. The van der Waals surface area contributed by atoms with E-state index >= 15 is 0 Å². The summed E-state index contributed by atoms with van der Waals surface area (Å²) in [5, 5.41) is 0. The van der Waals surface area contributed by atoms with Crippen LogP contribution in [0.3, 0.4) is 0 Å². The fourth-order valence-electron chi connectivity index (χ4n) is 2.96. The summed E-state index contributed by atoms with van der Waals surface area (Å²) in [5.74, 6) is -0.436. The molecule has 1 amide bonds. The highest BCUT2D eigenvalue weighted by Gasteiger charge is 2.29. The number of hydrogen-bond acceptors (Lipinski definition) is 3. The van der Waals surface area contributed by atoms with Gasteiger partial charge in [-0.2, -0.15) is 0 Å². The van der Waals surface area contributed by atoms with Gasteiger partial charge in [-0.05, 0) is 18.1 Å². The van der Waals surface area contributed by atoms with Gasteiger partial charge in [0, 0.05) is 12.1 Å². The Hall–Kier alpha value is -2.24. The van der Waals surface area contributed by atoms with Crippen LogP contribution in [0, 0.1) is 5.82 Å². The number of hydrogen-bond donors (Lipinski definition) is 1. The van der Waals surface area contributed by atoms with Gasteiger partial charge in [-0.1, -0.05) is 48.5 Å². The van der Waals surface area contributed by atoms with Gasteiger partial charge in [0.1, 0.15) is 11.9 Å². The first-order chi connectivity index (χ1) is 11.6. The second kappa shape index (κ2) is 7.55. The Morgan fingerprint density at radius 2 is 1.92 bits per heavy atom. The third-order valence-electron chi connectivity index (χ3n) is 4.25. The molecule has 1 saturated heterocycles. The molecule has 3 rings (SSSR count). The van der Waals surface area contributed by atoms with Gasteiger partial charge in [-0.15, -0.1) is 0 Å². The molecule has 0 aromatic heterocycles. The minimum Gasteiger partial charge on any atom is -0.370 e. The highest BCUT2D eigenvalue weighted by atomic mass is 19.1. The molecular weight excluding hydrogens is 307 g/mol. The predicted molar refractivity (Wildman–Crippen MR) is 89.8 cm³/mol. The summed E-state index contributed by atoms with van der Waals surface area (Å²) in [6, 6.07) is 15.6. The standard InChI is InChI=1S/C19H21FN2O2/c20-16-9-5-4-8-15(16)18-13-22(10-11-24-18)19(23)17(21)12-14-6-2-1-3-7-14/h1-9,17-18H,10-13,21H2. The molecule has 126 valence electrons. The van der Waals surface area contributed by atoms with Gasteiger partial charge >= 0.3 is 0 Å². The second-order valence-electron chi connectivity index (χ2n) is 5.96. The molecule has 4 nitrogen and oxygen atoms in total. The van der Waals surface area contributed by atoms with Crippen LogP contribution < -0.4 is 5.73 Å². The maximum Gasteiger partial charge on any atom is 0.240 e. The van der Waals surface area contributed by atoms with Crippen LogP contribution in [0.25, 0.3) is 0 Å². The molecular formula is C19H21FN2O2. The first kappa shape index (κ1) is 16.6. The van der Waals surface area contributed by atoms with Crippen LogP contribution in [-0.4, -0.2) is 36.5 Å².